The summed E-state index contributed by atoms with van der Waals surface area (Å²) in [5.41, 5.74) is 0. The summed E-state index contributed by atoms with van der Waals surface area (Å²) >= 11 is 0. The van der Waals surface area contributed by atoms with Crippen LogP contribution in [-0.4, -0.2) is 26.2 Å². The molecule has 0 aromatic rings. The minimum atomic E-state index is -0.0725. The zero-order valence-corrected chi connectivity index (χ0v) is 7.80. The quantitative estimate of drug-likeness (QED) is 0.642. The smallest absolute Gasteiger partial charge is 0.305 e. The van der Waals surface area contributed by atoms with E-state index in [1.54, 1.807) is 0 Å². The fourth-order valence-electron chi connectivity index (χ4n) is 1.84. The molecule has 2 unspecified atom stereocenters. The normalized spacial score (nSPS) is 28.8. The van der Waals surface area contributed by atoms with Gasteiger partial charge >= 0.3 is 5.97 Å². The Hall–Kier alpha value is -0.570. The number of methoxy groups -OCH3 is 1. The summed E-state index contributed by atoms with van der Waals surface area (Å²) in [6.45, 7) is 0. The molecule has 1 saturated carbocycles. The van der Waals surface area contributed by atoms with Crippen molar-refractivity contribution < 1.29 is 9.53 Å². The van der Waals surface area contributed by atoms with Gasteiger partial charge in [0, 0.05) is 12.5 Å². The molecule has 0 heterocycles. The van der Waals surface area contributed by atoms with Crippen LogP contribution in [0.2, 0.25) is 0 Å². The predicted octanol–water partition coefficient (Wildman–Crippen LogP) is 0.938. The van der Waals surface area contributed by atoms with Gasteiger partial charge in [0.15, 0.2) is 0 Å². The van der Waals surface area contributed by atoms with Crippen molar-refractivity contribution in [2.24, 2.45) is 5.92 Å². The number of carbonyl (C=O) groups excluding carboxylic acids is 1. The molecule has 0 aromatic carbocycles. The Morgan fingerprint density at radius 3 is 2.83 bits per heavy atom. The van der Waals surface area contributed by atoms with Gasteiger partial charge in [-0.05, 0) is 32.2 Å². The topological polar surface area (TPSA) is 38.3 Å². The number of hydrogen-bond acceptors (Lipinski definition) is 3. The van der Waals surface area contributed by atoms with Gasteiger partial charge in [0.2, 0.25) is 0 Å². The first-order chi connectivity index (χ1) is 5.76. The third kappa shape index (κ3) is 2.48. The van der Waals surface area contributed by atoms with Crippen molar-refractivity contribution in [2.45, 2.75) is 31.7 Å². The van der Waals surface area contributed by atoms with E-state index < -0.39 is 0 Å². The van der Waals surface area contributed by atoms with E-state index in [-0.39, 0.29) is 5.97 Å². The zero-order valence-electron chi connectivity index (χ0n) is 7.80. The lowest BCUT2D eigenvalue weighted by atomic mass is 10.0. The van der Waals surface area contributed by atoms with Gasteiger partial charge in [0.1, 0.15) is 0 Å². The Labute approximate surface area is 73.5 Å². The highest BCUT2D eigenvalue weighted by Gasteiger charge is 2.25. The highest BCUT2D eigenvalue weighted by molar-refractivity contribution is 5.69. The molecule has 3 nitrogen and oxygen atoms in total. The largest absolute Gasteiger partial charge is 0.469 e. The first-order valence-electron chi connectivity index (χ1n) is 4.50. The number of rotatable bonds is 3. The molecular weight excluding hydrogens is 154 g/mol. The number of carbonyl (C=O) groups is 1. The Kier molecular flexibility index (Phi) is 3.53. The van der Waals surface area contributed by atoms with E-state index in [0.29, 0.717) is 18.4 Å². The molecule has 0 saturated heterocycles. The lowest BCUT2D eigenvalue weighted by Crippen LogP contribution is -2.21. The molecule has 0 amide bonds. The van der Waals surface area contributed by atoms with Gasteiger partial charge in [-0.1, -0.05) is 0 Å². The SMILES string of the molecule is CNC1CCC(CC(=O)OC)C1. The second kappa shape index (κ2) is 4.45. The maximum atomic E-state index is 10.9. The van der Waals surface area contributed by atoms with E-state index in [1.165, 1.54) is 13.5 Å². The van der Waals surface area contributed by atoms with Crippen LogP contribution in [-0.2, 0) is 9.53 Å². The van der Waals surface area contributed by atoms with Gasteiger partial charge in [0.05, 0.1) is 7.11 Å². The van der Waals surface area contributed by atoms with Gasteiger partial charge in [0.25, 0.3) is 0 Å². The molecule has 70 valence electrons. The van der Waals surface area contributed by atoms with Crippen molar-refractivity contribution in [1.82, 2.24) is 5.32 Å². The predicted molar refractivity (Wildman–Crippen MR) is 46.8 cm³/mol. The van der Waals surface area contributed by atoms with Crippen LogP contribution in [0.25, 0.3) is 0 Å². The van der Waals surface area contributed by atoms with Gasteiger partial charge in [-0.25, -0.2) is 0 Å². The summed E-state index contributed by atoms with van der Waals surface area (Å²) in [6, 6.07) is 0.611. The zero-order chi connectivity index (χ0) is 8.97. The lowest BCUT2D eigenvalue weighted by molar-refractivity contribution is -0.141. The van der Waals surface area contributed by atoms with Crippen LogP contribution in [0.5, 0.6) is 0 Å². The molecular formula is C9H17NO2. The summed E-state index contributed by atoms with van der Waals surface area (Å²) in [5.74, 6) is 0.464. The summed E-state index contributed by atoms with van der Waals surface area (Å²) in [6.07, 6.45) is 4.05. The Morgan fingerprint density at radius 2 is 2.33 bits per heavy atom. The highest BCUT2D eigenvalue weighted by Crippen LogP contribution is 2.28. The van der Waals surface area contributed by atoms with E-state index in [0.717, 1.165) is 12.8 Å². The van der Waals surface area contributed by atoms with Crippen molar-refractivity contribution >= 4 is 5.97 Å². The van der Waals surface area contributed by atoms with Crippen LogP contribution >= 0.6 is 0 Å². The first kappa shape index (κ1) is 9.52. The van der Waals surface area contributed by atoms with Crippen LogP contribution in [0.3, 0.4) is 0 Å². The average molecular weight is 171 g/mol. The standard InChI is InChI=1S/C9H17NO2/c1-10-8-4-3-7(5-8)6-9(11)12-2/h7-8,10H,3-6H2,1-2H3. The second-order valence-electron chi connectivity index (χ2n) is 3.44. The third-order valence-electron chi connectivity index (χ3n) is 2.63. The van der Waals surface area contributed by atoms with Crippen LogP contribution in [0, 0.1) is 5.92 Å². The number of nitrogens with one attached hydrogen (secondary N) is 1. The molecule has 3 heteroatoms. The fraction of sp³-hybridized carbons (Fsp3) is 0.889. The summed E-state index contributed by atoms with van der Waals surface area (Å²) in [4.78, 5) is 10.9. The Balaban J connectivity index is 2.23. The molecule has 12 heavy (non-hydrogen) atoms. The van der Waals surface area contributed by atoms with Crippen molar-refractivity contribution in [3.63, 3.8) is 0 Å². The summed E-state index contributed by atoms with van der Waals surface area (Å²) in [5, 5.41) is 3.23. The number of esters is 1. The Morgan fingerprint density at radius 1 is 1.58 bits per heavy atom. The van der Waals surface area contributed by atoms with E-state index in [1.807, 2.05) is 7.05 Å². The summed E-state index contributed by atoms with van der Waals surface area (Å²) < 4.78 is 4.62. The van der Waals surface area contributed by atoms with Crippen molar-refractivity contribution in [3.05, 3.63) is 0 Å². The highest BCUT2D eigenvalue weighted by atomic mass is 16.5. The molecule has 0 spiro atoms. The van der Waals surface area contributed by atoms with Crippen molar-refractivity contribution in [1.29, 1.82) is 0 Å². The van der Waals surface area contributed by atoms with E-state index in [4.69, 9.17) is 0 Å². The van der Waals surface area contributed by atoms with Crippen LogP contribution in [0.4, 0.5) is 0 Å². The monoisotopic (exact) mass is 171 g/mol. The maximum absolute atomic E-state index is 10.9. The minimum Gasteiger partial charge on any atom is -0.469 e. The van der Waals surface area contributed by atoms with Crippen molar-refractivity contribution in [3.8, 4) is 0 Å². The molecule has 2 atom stereocenters. The molecule has 0 bridgehead atoms. The van der Waals surface area contributed by atoms with Crippen LogP contribution in [0.15, 0.2) is 0 Å². The van der Waals surface area contributed by atoms with E-state index >= 15 is 0 Å². The molecule has 1 rings (SSSR count). The minimum absolute atomic E-state index is 0.0725. The van der Waals surface area contributed by atoms with Crippen LogP contribution in [0.1, 0.15) is 25.7 Å². The molecule has 0 radical (unpaired) electrons. The van der Waals surface area contributed by atoms with Crippen LogP contribution < -0.4 is 5.32 Å². The molecule has 1 aliphatic rings. The average Bonchev–Trinajstić information content (AvgIpc) is 2.52. The molecule has 0 aromatic heterocycles. The van der Waals surface area contributed by atoms with Gasteiger partial charge in [-0.3, -0.25) is 4.79 Å². The maximum Gasteiger partial charge on any atom is 0.305 e. The van der Waals surface area contributed by atoms with Gasteiger partial charge in [-0.2, -0.15) is 0 Å². The summed E-state index contributed by atoms with van der Waals surface area (Å²) in [7, 11) is 3.43. The van der Waals surface area contributed by atoms with Crippen molar-refractivity contribution in [2.75, 3.05) is 14.2 Å². The first-order valence-corrected chi connectivity index (χ1v) is 4.50. The molecule has 1 fully saturated rings. The molecule has 0 aliphatic heterocycles. The van der Waals surface area contributed by atoms with E-state index in [9.17, 15) is 4.79 Å². The fourth-order valence-corrected chi connectivity index (χ4v) is 1.84. The lowest BCUT2D eigenvalue weighted by Gasteiger charge is -2.08. The third-order valence-corrected chi connectivity index (χ3v) is 2.63. The Bertz CT molecular complexity index is 159. The second-order valence-corrected chi connectivity index (χ2v) is 3.44. The number of hydrogen-bond donors (Lipinski definition) is 1. The molecule has 1 N–H and O–H groups in total. The number of ether oxygens (including phenoxy) is 1. The van der Waals surface area contributed by atoms with E-state index in [2.05, 4.69) is 10.1 Å². The van der Waals surface area contributed by atoms with Gasteiger partial charge in [-0.15, -0.1) is 0 Å². The molecule has 1 aliphatic carbocycles. The van der Waals surface area contributed by atoms with Gasteiger partial charge < -0.3 is 10.1 Å².